The number of halogens is 1. The van der Waals surface area contributed by atoms with Crippen molar-refractivity contribution >= 4 is 5.91 Å². The molecule has 0 radical (unpaired) electrons. The minimum Gasteiger partial charge on any atom is -0.395 e. The van der Waals surface area contributed by atoms with Crippen LogP contribution in [0.2, 0.25) is 0 Å². The predicted octanol–water partition coefficient (Wildman–Crippen LogP) is 2.24. The van der Waals surface area contributed by atoms with E-state index in [9.17, 15) is 9.18 Å². The number of aliphatic hydroxyl groups is 1. The molecule has 0 aliphatic heterocycles. The smallest absolute Gasteiger partial charge is 0.257 e. The Labute approximate surface area is 113 Å². The van der Waals surface area contributed by atoms with E-state index in [0.29, 0.717) is 6.54 Å². The summed E-state index contributed by atoms with van der Waals surface area (Å²) in [4.78, 5) is 17.3. The molecule has 1 N–H and O–H groups in total. The molecule has 0 bridgehead atoms. The van der Waals surface area contributed by atoms with E-state index in [2.05, 4.69) is 11.9 Å². The summed E-state index contributed by atoms with van der Waals surface area (Å²) in [7, 11) is 0. The summed E-state index contributed by atoms with van der Waals surface area (Å²) >= 11 is 0. The van der Waals surface area contributed by atoms with Gasteiger partial charge in [-0.1, -0.05) is 26.2 Å². The summed E-state index contributed by atoms with van der Waals surface area (Å²) in [6.45, 7) is 2.77. The summed E-state index contributed by atoms with van der Waals surface area (Å²) in [5.74, 6) is -1.01. The number of hydrogen-bond acceptors (Lipinski definition) is 3. The first kappa shape index (κ1) is 15.6. The van der Waals surface area contributed by atoms with Crippen molar-refractivity contribution in [2.45, 2.75) is 32.6 Å². The van der Waals surface area contributed by atoms with Crippen molar-refractivity contribution in [3.8, 4) is 0 Å². The zero-order valence-electron chi connectivity index (χ0n) is 11.3. The third-order valence-corrected chi connectivity index (χ3v) is 2.94. The molecule has 0 aliphatic rings. The van der Waals surface area contributed by atoms with Crippen molar-refractivity contribution in [1.82, 2.24) is 9.88 Å². The van der Waals surface area contributed by atoms with Gasteiger partial charge in [0.25, 0.3) is 5.91 Å². The second kappa shape index (κ2) is 8.58. The highest BCUT2D eigenvalue weighted by molar-refractivity contribution is 5.94. The molecule has 0 atom stereocenters. The third-order valence-electron chi connectivity index (χ3n) is 2.94. The first-order valence-corrected chi connectivity index (χ1v) is 6.70. The number of carbonyl (C=O) groups excluding carboxylic acids is 1. The summed E-state index contributed by atoms with van der Waals surface area (Å²) in [6.07, 6.45) is 6.56. The number of carbonyl (C=O) groups is 1. The highest BCUT2D eigenvalue weighted by Gasteiger charge is 2.18. The molecule has 5 heteroatoms. The molecule has 106 valence electrons. The molecule has 1 aromatic heterocycles. The zero-order chi connectivity index (χ0) is 14.1. The molecule has 1 heterocycles. The fraction of sp³-hybridized carbons (Fsp3) is 0.571. The molecular weight excluding hydrogens is 247 g/mol. The molecule has 1 amide bonds. The molecule has 1 rings (SSSR count). The molecule has 0 fully saturated rings. The fourth-order valence-corrected chi connectivity index (χ4v) is 1.88. The lowest BCUT2D eigenvalue weighted by Gasteiger charge is -2.22. The van der Waals surface area contributed by atoms with Crippen molar-refractivity contribution in [2.24, 2.45) is 0 Å². The monoisotopic (exact) mass is 268 g/mol. The minimum absolute atomic E-state index is 0.0129. The lowest BCUT2D eigenvalue weighted by Crippen LogP contribution is -2.35. The number of amides is 1. The van der Waals surface area contributed by atoms with Crippen LogP contribution in [-0.4, -0.2) is 40.6 Å². The van der Waals surface area contributed by atoms with Crippen molar-refractivity contribution in [2.75, 3.05) is 19.7 Å². The first-order valence-electron chi connectivity index (χ1n) is 6.70. The number of rotatable bonds is 8. The number of aromatic nitrogens is 1. The average molecular weight is 268 g/mol. The number of hydrogen-bond donors (Lipinski definition) is 1. The van der Waals surface area contributed by atoms with Gasteiger partial charge in [-0.15, -0.1) is 0 Å². The molecule has 0 spiro atoms. The van der Waals surface area contributed by atoms with E-state index in [1.807, 2.05) is 0 Å². The Bertz CT molecular complexity index is 399. The number of aliphatic hydroxyl groups excluding tert-OH is 1. The summed E-state index contributed by atoms with van der Waals surface area (Å²) in [5, 5.41) is 9.00. The van der Waals surface area contributed by atoms with Crippen molar-refractivity contribution < 1.29 is 14.3 Å². The summed E-state index contributed by atoms with van der Waals surface area (Å²) < 4.78 is 13.5. The van der Waals surface area contributed by atoms with Crippen LogP contribution in [0.4, 0.5) is 4.39 Å². The van der Waals surface area contributed by atoms with Gasteiger partial charge in [0.05, 0.1) is 18.4 Å². The average Bonchev–Trinajstić information content (AvgIpc) is 2.42. The molecule has 0 aromatic carbocycles. The van der Waals surface area contributed by atoms with E-state index < -0.39 is 5.82 Å². The van der Waals surface area contributed by atoms with E-state index in [1.165, 1.54) is 17.2 Å². The second-order valence-electron chi connectivity index (χ2n) is 4.43. The van der Waals surface area contributed by atoms with E-state index in [-0.39, 0.29) is 24.6 Å². The predicted molar refractivity (Wildman–Crippen MR) is 71.3 cm³/mol. The lowest BCUT2D eigenvalue weighted by atomic mass is 10.1. The van der Waals surface area contributed by atoms with Gasteiger partial charge in [-0.05, 0) is 12.5 Å². The van der Waals surface area contributed by atoms with Gasteiger partial charge in [-0.3, -0.25) is 9.78 Å². The van der Waals surface area contributed by atoms with E-state index in [4.69, 9.17) is 5.11 Å². The fourth-order valence-electron chi connectivity index (χ4n) is 1.88. The van der Waals surface area contributed by atoms with Crippen LogP contribution in [0.25, 0.3) is 0 Å². The van der Waals surface area contributed by atoms with Crippen LogP contribution in [0.1, 0.15) is 43.0 Å². The van der Waals surface area contributed by atoms with Crippen LogP contribution < -0.4 is 0 Å². The minimum atomic E-state index is -0.621. The van der Waals surface area contributed by atoms with Crippen molar-refractivity contribution in [3.63, 3.8) is 0 Å². The van der Waals surface area contributed by atoms with Gasteiger partial charge in [0.15, 0.2) is 5.82 Å². The SMILES string of the molecule is CCCCCCN(CCO)C(=O)c1ccncc1F. The van der Waals surface area contributed by atoms with Gasteiger partial charge in [0.2, 0.25) is 0 Å². The van der Waals surface area contributed by atoms with Gasteiger partial charge in [0.1, 0.15) is 0 Å². The zero-order valence-corrected chi connectivity index (χ0v) is 11.3. The molecule has 0 saturated heterocycles. The number of pyridine rings is 1. The second-order valence-corrected chi connectivity index (χ2v) is 4.43. The van der Waals surface area contributed by atoms with Crippen LogP contribution >= 0.6 is 0 Å². The Morgan fingerprint density at radius 1 is 1.37 bits per heavy atom. The van der Waals surface area contributed by atoms with Gasteiger partial charge in [-0.25, -0.2) is 4.39 Å². The molecular formula is C14H21FN2O2. The Hall–Kier alpha value is -1.49. The van der Waals surface area contributed by atoms with Gasteiger partial charge in [-0.2, -0.15) is 0 Å². The van der Waals surface area contributed by atoms with Crippen LogP contribution in [0, 0.1) is 5.82 Å². The first-order chi connectivity index (χ1) is 9.20. The van der Waals surface area contributed by atoms with E-state index >= 15 is 0 Å². The molecule has 1 aromatic rings. The normalized spacial score (nSPS) is 10.5. The summed E-state index contributed by atoms with van der Waals surface area (Å²) in [5.41, 5.74) is 0.0129. The van der Waals surface area contributed by atoms with Gasteiger partial charge >= 0.3 is 0 Å². The Morgan fingerprint density at radius 3 is 2.79 bits per heavy atom. The highest BCUT2D eigenvalue weighted by atomic mass is 19.1. The molecule has 4 nitrogen and oxygen atoms in total. The number of nitrogens with zero attached hydrogens (tertiary/aromatic N) is 2. The van der Waals surface area contributed by atoms with Crippen molar-refractivity contribution in [3.05, 3.63) is 29.8 Å². The van der Waals surface area contributed by atoms with Gasteiger partial charge in [0, 0.05) is 19.3 Å². The quantitative estimate of drug-likeness (QED) is 0.736. The lowest BCUT2D eigenvalue weighted by molar-refractivity contribution is 0.0713. The molecule has 0 saturated carbocycles. The topological polar surface area (TPSA) is 53.4 Å². The summed E-state index contributed by atoms with van der Waals surface area (Å²) in [6, 6.07) is 1.37. The van der Waals surface area contributed by atoms with Gasteiger partial charge < -0.3 is 10.0 Å². The molecule has 0 unspecified atom stereocenters. The van der Waals surface area contributed by atoms with Crippen LogP contribution in [0.3, 0.4) is 0 Å². The Kier molecular flexibility index (Phi) is 7.03. The highest BCUT2D eigenvalue weighted by Crippen LogP contribution is 2.10. The molecule has 19 heavy (non-hydrogen) atoms. The molecule has 0 aliphatic carbocycles. The van der Waals surface area contributed by atoms with E-state index in [0.717, 1.165) is 31.9 Å². The standard InChI is InChI=1S/C14H21FN2O2/c1-2-3-4-5-8-17(9-10-18)14(19)12-6-7-16-11-13(12)15/h6-7,11,18H,2-5,8-10H2,1H3. The Morgan fingerprint density at radius 2 is 2.16 bits per heavy atom. The maximum atomic E-state index is 13.5. The largest absolute Gasteiger partial charge is 0.395 e. The van der Waals surface area contributed by atoms with Crippen molar-refractivity contribution in [1.29, 1.82) is 0 Å². The maximum absolute atomic E-state index is 13.5. The van der Waals surface area contributed by atoms with Crippen LogP contribution in [-0.2, 0) is 0 Å². The third kappa shape index (κ3) is 4.95. The number of unbranched alkanes of at least 4 members (excludes halogenated alkanes) is 3. The Balaban J connectivity index is 2.64. The van der Waals surface area contributed by atoms with E-state index in [1.54, 1.807) is 0 Å². The van der Waals surface area contributed by atoms with Crippen LogP contribution in [0.15, 0.2) is 18.5 Å². The maximum Gasteiger partial charge on any atom is 0.257 e. The van der Waals surface area contributed by atoms with Crippen LogP contribution in [0.5, 0.6) is 0 Å².